The Kier molecular flexibility index (Phi) is 6.20. The fourth-order valence-electron chi connectivity index (χ4n) is 5.57. The van der Waals surface area contributed by atoms with E-state index in [1.54, 1.807) is 7.11 Å². The quantitative estimate of drug-likeness (QED) is 0.226. The van der Waals surface area contributed by atoms with Crippen LogP contribution in [-0.4, -0.2) is 28.6 Å². The summed E-state index contributed by atoms with van der Waals surface area (Å²) in [5.41, 5.74) is 8.00. The van der Waals surface area contributed by atoms with Gasteiger partial charge in [0.2, 0.25) is 0 Å². The molecule has 3 heterocycles. The third-order valence-corrected chi connectivity index (χ3v) is 7.99. The molecule has 7 nitrogen and oxygen atoms in total. The highest BCUT2D eigenvalue weighted by atomic mass is 79.9. The van der Waals surface area contributed by atoms with Gasteiger partial charge in [-0.05, 0) is 79.6 Å². The largest absolute Gasteiger partial charge is 0.497 e. The van der Waals surface area contributed by atoms with E-state index in [1.807, 2.05) is 65.3 Å². The van der Waals surface area contributed by atoms with Gasteiger partial charge in [-0.3, -0.25) is 0 Å². The standard InChI is InChI=1S/C33H27BrN6O/c1-20-9-4-6-13-27(20)40-32-29(21(2)38-40)30(22-10-8-11-23(34)19-22)39-28-14-7-5-12-26(28)36-31(33(39)37-32)35-24-15-17-25(41-3)18-16-24/h4-19,30H,1-3H3,(H,35,36). The number of methoxy groups -OCH3 is 1. The van der Waals surface area contributed by atoms with Crippen molar-refractivity contribution in [2.45, 2.75) is 19.9 Å². The van der Waals surface area contributed by atoms with Crippen molar-refractivity contribution in [3.05, 3.63) is 124 Å². The minimum Gasteiger partial charge on any atom is -0.497 e. The van der Waals surface area contributed by atoms with Gasteiger partial charge in [0.05, 0.1) is 35.9 Å². The number of hydrogen-bond acceptors (Lipinski definition) is 6. The number of aliphatic imine (C=N–C) groups is 2. The summed E-state index contributed by atoms with van der Waals surface area (Å²) in [6.45, 7) is 4.17. The van der Waals surface area contributed by atoms with Crippen molar-refractivity contribution in [2.75, 3.05) is 17.3 Å². The maximum atomic E-state index is 5.37. The fourth-order valence-corrected chi connectivity index (χ4v) is 5.99. The van der Waals surface area contributed by atoms with Crippen LogP contribution in [0, 0.1) is 13.8 Å². The first kappa shape index (κ1) is 25.3. The third kappa shape index (κ3) is 4.31. The second-order valence-corrected chi connectivity index (χ2v) is 11.0. The van der Waals surface area contributed by atoms with E-state index in [4.69, 9.17) is 19.8 Å². The van der Waals surface area contributed by atoms with Crippen molar-refractivity contribution in [1.82, 2.24) is 9.78 Å². The minimum atomic E-state index is -0.183. The van der Waals surface area contributed by atoms with Crippen LogP contribution in [0.15, 0.2) is 112 Å². The number of rotatable bonds is 4. The topological polar surface area (TPSA) is 67.0 Å². The normalized spacial score (nSPS) is 15.3. The Morgan fingerprint density at radius 2 is 1.59 bits per heavy atom. The summed E-state index contributed by atoms with van der Waals surface area (Å²) in [5.74, 6) is 2.98. The molecule has 2 aliphatic rings. The zero-order valence-electron chi connectivity index (χ0n) is 22.8. The van der Waals surface area contributed by atoms with Crippen molar-refractivity contribution >= 4 is 50.5 Å². The number of benzene rings is 4. The van der Waals surface area contributed by atoms with Crippen LogP contribution in [0.1, 0.15) is 28.4 Å². The molecule has 0 aliphatic carbocycles. The molecular weight excluding hydrogens is 576 g/mol. The van der Waals surface area contributed by atoms with Crippen LogP contribution in [0.5, 0.6) is 5.75 Å². The van der Waals surface area contributed by atoms with Gasteiger partial charge in [0.1, 0.15) is 5.75 Å². The Morgan fingerprint density at radius 3 is 2.34 bits per heavy atom. The lowest BCUT2D eigenvalue weighted by molar-refractivity contribution is 0.415. The van der Waals surface area contributed by atoms with Crippen LogP contribution in [0.4, 0.5) is 22.9 Å². The van der Waals surface area contributed by atoms with E-state index in [1.165, 1.54) is 0 Å². The van der Waals surface area contributed by atoms with E-state index in [-0.39, 0.29) is 6.04 Å². The Hall–Kier alpha value is -4.69. The second-order valence-electron chi connectivity index (χ2n) is 10.1. The number of anilines is 2. The molecule has 0 spiro atoms. The van der Waals surface area contributed by atoms with Crippen molar-refractivity contribution < 1.29 is 4.74 Å². The Bertz CT molecular complexity index is 1860. The highest BCUT2D eigenvalue weighted by Gasteiger charge is 2.41. The summed E-state index contributed by atoms with van der Waals surface area (Å²) >= 11 is 3.71. The predicted octanol–water partition coefficient (Wildman–Crippen LogP) is 8.06. The molecule has 0 saturated heterocycles. The Morgan fingerprint density at radius 1 is 0.829 bits per heavy atom. The molecule has 0 fully saturated rings. The molecule has 0 saturated carbocycles. The lowest BCUT2D eigenvalue weighted by atomic mass is 9.93. The number of nitrogens with zero attached hydrogens (tertiary/aromatic N) is 5. The molecule has 1 atom stereocenters. The SMILES string of the molecule is COc1ccc(NC2=Nc3ccccc3N3C2=Nc2c(c(C)nn2-c2ccccc2C)C3c2cccc(Br)c2)cc1. The summed E-state index contributed by atoms with van der Waals surface area (Å²) in [6.07, 6.45) is 0. The molecule has 2 aliphatic heterocycles. The molecule has 8 heteroatoms. The first-order valence-electron chi connectivity index (χ1n) is 13.4. The zero-order valence-corrected chi connectivity index (χ0v) is 24.4. The number of halogens is 1. The zero-order chi connectivity index (χ0) is 28.1. The van der Waals surface area contributed by atoms with Crippen molar-refractivity contribution in [1.29, 1.82) is 0 Å². The average molecular weight is 604 g/mol. The summed E-state index contributed by atoms with van der Waals surface area (Å²) in [6, 6.07) is 32.6. The highest BCUT2D eigenvalue weighted by molar-refractivity contribution is 9.10. The predicted molar refractivity (Wildman–Crippen MR) is 169 cm³/mol. The van der Waals surface area contributed by atoms with Crippen LogP contribution >= 0.6 is 15.9 Å². The molecule has 0 bridgehead atoms. The number of aryl methyl sites for hydroxylation is 2. The van der Waals surface area contributed by atoms with Gasteiger partial charge in [0, 0.05) is 15.7 Å². The lowest BCUT2D eigenvalue weighted by Gasteiger charge is -2.40. The van der Waals surface area contributed by atoms with E-state index < -0.39 is 0 Å². The summed E-state index contributed by atoms with van der Waals surface area (Å²) in [4.78, 5) is 12.7. The van der Waals surface area contributed by atoms with Crippen molar-refractivity contribution in [2.24, 2.45) is 9.98 Å². The molecule has 4 aromatic carbocycles. The summed E-state index contributed by atoms with van der Waals surface area (Å²) < 4.78 is 8.35. The Balaban J connectivity index is 1.49. The monoisotopic (exact) mass is 602 g/mol. The van der Waals surface area contributed by atoms with Crippen molar-refractivity contribution in [3.63, 3.8) is 0 Å². The molecule has 0 amide bonds. The van der Waals surface area contributed by atoms with Crippen LogP contribution in [0.25, 0.3) is 5.69 Å². The summed E-state index contributed by atoms with van der Waals surface area (Å²) in [7, 11) is 1.67. The van der Waals surface area contributed by atoms with Crippen LogP contribution in [0.2, 0.25) is 0 Å². The van der Waals surface area contributed by atoms with Crippen LogP contribution < -0.4 is 15.0 Å². The second kappa shape index (κ2) is 10.1. The van der Waals surface area contributed by atoms with Crippen LogP contribution in [0.3, 0.4) is 0 Å². The summed E-state index contributed by atoms with van der Waals surface area (Å²) in [5, 5.41) is 8.61. The molecule has 202 valence electrons. The van der Waals surface area contributed by atoms with Gasteiger partial charge in [-0.2, -0.15) is 5.10 Å². The van der Waals surface area contributed by atoms with Crippen LogP contribution in [-0.2, 0) is 0 Å². The number of ether oxygens (including phenoxy) is 1. The number of fused-ring (bicyclic) bond motifs is 4. The number of amidine groups is 2. The van der Waals surface area contributed by atoms with Gasteiger partial charge in [0.15, 0.2) is 17.5 Å². The van der Waals surface area contributed by atoms with E-state index in [0.717, 1.165) is 67.0 Å². The smallest absolute Gasteiger partial charge is 0.179 e. The van der Waals surface area contributed by atoms with Gasteiger partial charge < -0.3 is 15.0 Å². The molecule has 1 aromatic heterocycles. The van der Waals surface area contributed by atoms with Gasteiger partial charge in [-0.1, -0.05) is 58.4 Å². The van der Waals surface area contributed by atoms with Gasteiger partial charge in [0.25, 0.3) is 0 Å². The number of aromatic nitrogens is 2. The molecular formula is C33H27BrN6O. The first-order valence-corrected chi connectivity index (χ1v) is 14.2. The van der Waals surface area contributed by atoms with E-state index >= 15 is 0 Å². The minimum absolute atomic E-state index is 0.183. The highest BCUT2D eigenvalue weighted by Crippen LogP contribution is 2.48. The molecule has 1 unspecified atom stereocenters. The van der Waals surface area contributed by atoms with Gasteiger partial charge >= 0.3 is 0 Å². The van der Waals surface area contributed by atoms with Gasteiger partial charge in [-0.15, -0.1) is 0 Å². The molecule has 1 N–H and O–H groups in total. The van der Waals surface area contributed by atoms with Crippen molar-refractivity contribution in [3.8, 4) is 11.4 Å². The average Bonchev–Trinajstić information content (AvgIpc) is 3.32. The molecule has 0 radical (unpaired) electrons. The first-order chi connectivity index (χ1) is 20.0. The maximum absolute atomic E-state index is 5.37. The van der Waals surface area contributed by atoms with E-state index in [0.29, 0.717) is 5.84 Å². The fraction of sp³-hybridized carbons (Fsp3) is 0.121. The maximum Gasteiger partial charge on any atom is 0.179 e. The lowest BCUT2D eigenvalue weighted by Crippen LogP contribution is -2.46. The molecule has 41 heavy (non-hydrogen) atoms. The molecule has 7 rings (SSSR count). The third-order valence-electron chi connectivity index (χ3n) is 7.50. The Labute approximate surface area is 247 Å². The van der Waals surface area contributed by atoms with Gasteiger partial charge in [-0.25, -0.2) is 14.7 Å². The number of nitrogens with one attached hydrogen (secondary N) is 1. The van der Waals surface area contributed by atoms with E-state index in [9.17, 15) is 0 Å². The number of para-hydroxylation sites is 3. The van der Waals surface area contributed by atoms with E-state index in [2.05, 4.69) is 76.4 Å². The molecule has 5 aromatic rings. The number of hydrogen-bond donors (Lipinski definition) is 1.